The monoisotopic (exact) mass is 188 g/mol. The van der Waals surface area contributed by atoms with Crippen LogP contribution in [0, 0.1) is 5.92 Å². The highest BCUT2D eigenvalue weighted by Crippen LogP contribution is 2.45. The molecular weight excluding hydrogens is 172 g/mol. The minimum Gasteiger partial charge on any atom is -0.299 e. The smallest absolute Gasteiger partial charge is 0.145 e. The molecule has 0 saturated heterocycles. The van der Waals surface area contributed by atoms with Gasteiger partial charge in [0.2, 0.25) is 0 Å². The van der Waals surface area contributed by atoms with Gasteiger partial charge in [-0.15, -0.1) is 0 Å². The SMILES string of the molecule is CCCCC1C(=O)C1c1ccccc1. The molecule has 0 radical (unpaired) electrons. The first-order valence-corrected chi connectivity index (χ1v) is 5.43. The van der Waals surface area contributed by atoms with Gasteiger partial charge < -0.3 is 0 Å². The van der Waals surface area contributed by atoms with Gasteiger partial charge in [-0.05, 0) is 12.0 Å². The minimum absolute atomic E-state index is 0.225. The van der Waals surface area contributed by atoms with Crippen molar-refractivity contribution >= 4 is 5.78 Å². The largest absolute Gasteiger partial charge is 0.299 e. The molecule has 1 nitrogen and oxygen atoms in total. The predicted molar refractivity (Wildman–Crippen MR) is 57.2 cm³/mol. The lowest BCUT2D eigenvalue weighted by Crippen LogP contribution is -1.83. The maximum Gasteiger partial charge on any atom is 0.145 e. The molecule has 0 N–H and O–H groups in total. The van der Waals surface area contributed by atoms with Gasteiger partial charge in [-0.1, -0.05) is 50.1 Å². The van der Waals surface area contributed by atoms with Gasteiger partial charge in [-0.3, -0.25) is 4.79 Å². The molecule has 1 aromatic rings. The summed E-state index contributed by atoms with van der Waals surface area (Å²) in [5.41, 5.74) is 1.21. The molecule has 1 fully saturated rings. The molecule has 74 valence electrons. The summed E-state index contributed by atoms with van der Waals surface area (Å²) in [6, 6.07) is 10.1. The van der Waals surface area contributed by atoms with Gasteiger partial charge in [0.05, 0.1) is 5.92 Å². The summed E-state index contributed by atoms with van der Waals surface area (Å²) < 4.78 is 0. The third-order valence-corrected chi connectivity index (χ3v) is 2.99. The van der Waals surface area contributed by atoms with Crippen LogP contribution in [0.1, 0.15) is 37.7 Å². The third-order valence-electron chi connectivity index (χ3n) is 2.99. The fourth-order valence-electron chi connectivity index (χ4n) is 2.08. The molecule has 1 saturated carbocycles. The lowest BCUT2D eigenvalue weighted by Gasteiger charge is -1.96. The molecule has 1 aromatic carbocycles. The number of unbranched alkanes of at least 4 members (excludes halogenated alkanes) is 1. The zero-order valence-corrected chi connectivity index (χ0v) is 8.57. The van der Waals surface area contributed by atoms with Crippen molar-refractivity contribution in [2.75, 3.05) is 0 Å². The average molecular weight is 188 g/mol. The van der Waals surface area contributed by atoms with Gasteiger partial charge in [0.1, 0.15) is 5.78 Å². The summed E-state index contributed by atoms with van der Waals surface area (Å²) >= 11 is 0. The molecule has 1 heteroatoms. The zero-order valence-electron chi connectivity index (χ0n) is 8.57. The van der Waals surface area contributed by atoms with E-state index in [2.05, 4.69) is 19.1 Å². The van der Waals surface area contributed by atoms with Crippen LogP contribution in [0.15, 0.2) is 30.3 Å². The standard InChI is InChI=1S/C13H16O/c1-2-3-9-11-12(13(11)14)10-7-5-4-6-8-10/h4-8,11-12H,2-3,9H2,1H3. The second kappa shape index (κ2) is 3.95. The second-order valence-electron chi connectivity index (χ2n) is 4.04. The molecule has 2 atom stereocenters. The summed E-state index contributed by atoms with van der Waals surface area (Å²) in [5.74, 6) is 1.00. The van der Waals surface area contributed by atoms with Gasteiger partial charge in [-0.25, -0.2) is 0 Å². The number of hydrogen-bond donors (Lipinski definition) is 0. The number of carbonyl (C=O) groups is 1. The summed E-state index contributed by atoms with van der Waals surface area (Å²) in [4.78, 5) is 11.5. The summed E-state index contributed by atoms with van der Waals surface area (Å²) in [5, 5.41) is 0. The Bertz CT molecular complexity index is 315. The third kappa shape index (κ3) is 1.72. The Balaban J connectivity index is 1.99. The van der Waals surface area contributed by atoms with E-state index in [9.17, 15) is 4.79 Å². The number of rotatable bonds is 4. The molecule has 0 heterocycles. The van der Waals surface area contributed by atoms with E-state index in [4.69, 9.17) is 0 Å². The topological polar surface area (TPSA) is 17.1 Å². The molecule has 0 aliphatic heterocycles. The van der Waals surface area contributed by atoms with E-state index in [1.807, 2.05) is 18.2 Å². The molecule has 14 heavy (non-hydrogen) atoms. The number of hydrogen-bond acceptors (Lipinski definition) is 1. The fourth-order valence-corrected chi connectivity index (χ4v) is 2.08. The predicted octanol–water partition coefficient (Wildman–Crippen LogP) is 3.16. The molecular formula is C13H16O. The number of Topliss-reactive ketones (excluding diaryl/α,β-unsaturated/α-hetero) is 1. The maximum atomic E-state index is 11.5. The molecule has 2 rings (SSSR count). The van der Waals surface area contributed by atoms with Crippen LogP contribution in [0.3, 0.4) is 0 Å². The van der Waals surface area contributed by atoms with Crippen LogP contribution in [-0.2, 0) is 4.79 Å². The number of benzene rings is 1. The fraction of sp³-hybridized carbons (Fsp3) is 0.462. The van der Waals surface area contributed by atoms with Crippen molar-refractivity contribution in [2.24, 2.45) is 5.92 Å². The molecule has 0 amide bonds. The van der Waals surface area contributed by atoms with Crippen LogP contribution in [0.25, 0.3) is 0 Å². The Labute approximate surface area is 85.1 Å². The van der Waals surface area contributed by atoms with E-state index in [1.165, 1.54) is 18.4 Å². The number of ketones is 1. The molecule has 0 aromatic heterocycles. The molecule has 2 unspecified atom stereocenters. The van der Waals surface area contributed by atoms with Crippen molar-refractivity contribution in [1.82, 2.24) is 0 Å². The Morgan fingerprint density at radius 2 is 1.93 bits per heavy atom. The Kier molecular flexibility index (Phi) is 2.67. The Morgan fingerprint density at radius 3 is 2.57 bits per heavy atom. The van der Waals surface area contributed by atoms with Crippen LogP contribution in [0.5, 0.6) is 0 Å². The molecule has 1 aliphatic rings. The van der Waals surface area contributed by atoms with Gasteiger partial charge in [0.25, 0.3) is 0 Å². The highest BCUT2D eigenvalue weighted by atomic mass is 16.1. The van der Waals surface area contributed by atoms with E-state index in [1.54, 1.807) is 0 Å². The van der Waals surface area contributed by atoms with Crippen LogP contribution < -0.4 is 0 Å². The molecule has 1 aliphatic carbocycles. The van der Waals surface area contributed by atoms with Crippen molar-refractivity contribution in [3.05, 3.63) is 35.9 Å². The van der Waals surface area contributed by atoms with Crippen molar-refractivity contribution in [3.8, 4) is 0 Å². The first-order valence-electron chi connectivity index (χ1n) is 5.43. The van der Waals surface area contributed by atoms with E-state index in [0.29, 0.717) is 11.7 Å². The highest BCUT2D eigenvalue weighted by molar-refractivity contribution is 6.04. The van der Waals surface area contributed by atoms with Crippen LogP contribution in [0.4, 0.5) is 0 Å². The minimum atomic E-state index is 0.225. The van der Waals surface area contributed by atoms with Gasteiger partial charge in [0.15, 0.2) is 0 Å². The van der Waals surface area contributed by atoms with Gasteiger partial charge >= 0.3 is 0 Å². The first-order chi connectivity index (χ1) is 6.84. The second-order valence-corrected chi connectivity index (χ2v) is 4.04. The van der Waals surface area contributed by atoms with Gasteiger partial charge in [-0.2, -0.15) is 0 Å². The zero-order chi connectivity index (χ0) is 9.97. The van der Waals surface area contributed by atoms with E-state index < -0.39 is 0 Å². The normalized spacial score (nSPS) is 25.1. The van der Waals surface area contributed by atoms with Crippen molar-refractivity contribution < 1.29 is 4.79 Å². The van der Waals surface area contributed by atoms with E-state index >= 15 is 0 Å². The van der Waals surface area contributed by atoms with Crippen LogP contribution >= 0.6 is 0 Å². The average Bonchev–Trinajstić information content (AvgIpc) is 2.87. The highest BCUT2D eigenvalue weighted by Gasteiger charge is 2.48. The van der Waals surface area contributed by atoms with E-state index in [-0.39, 0.29) is 5.92 Å². The lowest BCUT2D eigenvalue weighted by atomic mass is 10.1. The molecule has 0 spiro atoms. The van der Waals surface area contributed by atoms with Crippen LogP contribution in [-0.4, -0.2) is 5.78 Å². The summed E-state index contributed by atoms with van der Waals surface area (Å²) in [6.07, 6.45) is 3.44. The number of carbonyl (C=O) groups excluding carboxylic acids is 1. The van der Waals surface area contributed by atoms with Crippen molar-refractivity contribution in [3.63, 3.8) is 0 Å². The summed E-state index contributed by atoms with van der Waals surface area (Å²) in [7, 11) is 0. The van der Waals surface area contributed by atoms with E-state index in [0.717, 1.165) is 6.42 Å². The maximum absolute atomic E-state index is 11.5. The van der Waals surface area contributed by atoms with Crippen molar-refractivity contribution in [2.45, 2.75) is 32.1 Å². The quantitative estimate of drug-likeness (QED) is 0.709. The van der Waals surface area contributed by atoms with Gasteiger partial charge in [0, 0.05) is 5.92 Å². The Morgan fingerprint density at radius 1 is 1.21 bits per heavy atom. The molecule has 0 bridgehead atoms. The van der Waals surface area contributed by atoms with Crippen LogP contribution in [0.2, 0.25) is 0 Å². The lowest BCUT2D eigenvalue weighted by molar-refractivity contribution is -0.111. The van der Waals surface area contributed by atoms with Crippen molar-refractivity contribution in [1.29, 1.82) is 0 Å². The summed E-state index contributed by atoms with van der Waals surface area (Å²) in [6.45, 7) is 2.17. The Hall–Kier alpha value is -1.11. The first kappa shape index (κ1) is 9.45.